The third-order valence-corrected chi connectivity index (χ3v) is 4.55. The summed E-state index contributed by atoms with van der Waals surface area (Å²) in [6.07, 6.45) is 1.98. The molecule has 0 unspecified atom stereocenters. The second-order valence-electron chi connectivity index (χ2n) is 8.91. The van der Waals surface area contributed by atoms with E-state index in [1.165, 1.54) is 11.1 Å². The van der Waals surface area contributed by atoms with Crippen molar-refractivity contribution in [1.82, 2.24) is 9.78 Å². The molecule has 0 radical (unpaired) electrons. The maximum Gasteiger partial charge on any atom is 0.152 e. The monoisotopic (exact) mass is 347 g/mol. The molecule has 1 heterocycles. The maximum atomic E-state index is 4.67. The Morgan fingerprint density at radius 2 is 1.35 bits per heavy atom. The predicted molar refractivity (Wildman–Crippen MR) is 111 cm³/mol. The van der Waals surface area contributed by atoms with Crippen molar-refractivity contribution in [1.29, 1.82) is 0 Å². The Morgan fingerprint density at radius 1 is 0.769 bits per heavy atom. The summed E-state index contributed by atoms with van der Waals surface area (Å²) >= 11 is 0. The highest BCUT2D eigenvalue weighted by atomic mass is 15.3. The van der Waals surface area contributed by atoms with E-state index in [9.17, 15) is 0 Å². The number of hydrogen-bond donors (Lipinski definition) is 1. The van der Waals surface area contributed by atoms with Gasteiger partial charge in [-0.1, -0.05) is 65.8 Å². The molecule has 0 atom stereocenters. The number of hydrogen-bond acceptors (Lipinski definition) is 2. The molecule has 0 spiro atoms. The van der Waals surface area contributed by atoms with Crippen LogP contribution in [0.1, 0.15) is 52.7 Å². The van der Waals surface area contributed by atoms with Crippen LogP contribution in [0.15, 0.2) is 60.8 Å². The second kappa shape index (κ2) is 6.64. The Labute approximate surface area is 157 Å². The van der Waals surface area contributed by atoms with Crippen LogP contribution in [0.2, 0.25) is 0 Å². The van der Waals surface area contributed by atoms with Crippen LogP contribution in [0.3, 0.4) is 0 Å². The van der Waals surface area contributed by atoms with Crippen molar-refractivity contribution in [2.24, 2.45) is 0 Å². The van der Waals surface area contributed by atoms with Gasteiger partial charge in [-0.25, -0.2) is 4.68 Å². The molecule has 1 N–H and O–H groups in total. The summed E-state index contributed by atoms with van der Waals surface area (Å²) in [5.41, 5.74) is 4.99. The Morgan fingerprint density at radius 3 is 1.88 bits per heavy atom. The quantitative estimate of drug-likeness (QED) is 0.610. The zero-order valence-corrected chi connectivity index (χ0v) is 16.7. The van der Waals surface area contributed by atoms with Gasteiger partial charge in [0.05, 0.1) is 5.69 Å². The lowest BCUT2D eigenvalue weighted by molar-refractivity contribution is 0.569. The number of nitrogens with one attached hydrogen (secondary N) is 1. The molecule has 0 saturated heterocycles. The van der Waals surface area contributed by atoms with Crippen LogP contribution in [0.4, 0.5) is 11.5 Å². The third-order valence-electron chi connectivity index (χ3n) is 4.55. The second-order valence-corrected chi connectivity index (χ2v) is 8.91. The van der Waals surface area contributed by atoms with Gasteiger partial charge in [-0.2, -0.15) is 5.10 Å². The van der Waals surface area contributed by atoms with E-state index in [1.807, 2.05) is 35.1 Å². The average Bonchev–Trinajstić information content (AvgIpc) is 3.02. The number of nitrogens with zero attached hydrogens (tertiary/aromatic N) is 2. The molecule has 0 aliphatic carbocycles. The van der Waals surface area contributed by atoms with E-state index < -0.39 is 0 Å². The number of anilines is 2. The summed E-state index contributed by atoms with van der Waals surface area (Å²) in [5.74, 6) is 0.847. The van der Waals surface area contributed by atoms with E-state index in [1.54, 1.807) is 0 Å². The van der Waals surface area contributed by atoms with E-state index in [0.717, 1.165) is 17.2 Å². The van der Waals surface area contributed by atoms with Crippen molar-refractivity contribution >= 4 is 11.5 Å². The highest BCUT2D eigenvalue weighted by molar-refractivity contribution is 5.60. The molecule has 0 bridgehead atoms. The molecule has 3 heteroatoms. The molecule has 2 aromatic carbocycles. The zero-order valence-electron chi connectivity index (χ0n) is 16.7. The first-order chi connectivity index (χ1) is 12.1. The fourth-order valence-electron chi connectivity index (χ4n) is 2.83. The van der Waals surface area contributed by atoms with Gasteiger partial charge in [-0.05, 0) is 46.2 Å². The summed E-state index contributed by atoms with van der Waals surface area (Å²) in [4.78, 5) is 0. The summed E-state index contributed by atoms with van der Waals surface area (Å²) in [5, 5.41) is 8.15. The maximum absolute atomic E-state index is 4.67. The number of benzene rings is 2. The molecule has 136 valence electrons. The van der Waals surface area contributed by atoms with E-state index in [0.29, 0.717) is 0 Å². The summed E-state index contributed by atoms with van der Waals surface area (Å²) in [6.45, 7) is 13.5. The largest absolute Gasteiger partial charge is 0.339 e. The SMILES string of the molecule is CC(C)(C)c1cc(Nc2ccn(-c3ccccc3)n2)cc(C(C)(C)C)c1. The molecule has 1 aromatic heterocycles. The molecule has 0 fully saturated rings. The molecule has 3 nitrogen and oxygen atoms in total. The number of rotatable bonds is 3. The minimum absolute atomic E-state index is 0.0983. The predicted octanol–water partition coefficient (Wildman–Crippen LogP) is 6.21. The van der Waals surface area contributed by atoms with E-state index >= 15 is 0 Å². The van der Waals surface area contributed by atoms with Gasteiger partial charge in [0, 0.05) is 18.0 Å². The number of para-hydroxylation sites is 1. The fraction of sp³-hybridized carbons (Fsp3) is 0.348. The Balaban J connectivity index is 1.93. The van der Waals surface area contributed by atoms with Gasteiger partial charge in [0.2, 0.25) is 0 Å². The van der Waals surface area contributed by atoms with Crippen LogP contribution in [0.25, 0.3) is 5.69 Å². The molecule has 0 amide bonds. The van der Waals surface area contributed by atoms with Gasteiger partial charge < -0.3 is 5.32 Å². The van der Waals surface area contributed by atoms with Gasteiger partial charge in [0.25, 0.3) is 0 Å². The minimum Gasteiger partial charge on any atom is -0.339 e. The Hall–Kier alpha value is -2.55. The van der Waals surface area contributed by atoms with E-state index in [4.69, 9.17) is 0 Å². The molecule has 3 rings (SSSR count). The topological polar surface area (TPSA) is 29.9 Å². The fourth-order valence-corrected chi connectivity index (χ4v) is 2.83. The van der Waals surface area contributed by atoms with Crippen LogP contribution in [0, 0.1) is 0 Å². The molecule has 26 heavy (non-hydrogen) atoms. The van der Waals surface area contributed by atoms with Crippen LogP contribution in [-0.4, -0.2) is 9.78 Å². The van der Waals surface area contributed by atoms with Crippen molar-refractivity contribution in [3.8, 4) is 5.69 Å². The van der Waals surface area contributed by atoms with Crippen molar-refractivity contribution in [2.45, 2.75) is 52.4 Å². The highest BCUT2D eigenvalue weighted by Crippen LogP contribution is 2.32. The molecule has 0 aliphatic rings. The van der Waals surface area contributed by atoms with Crippen LogP contribution < -0.4 is 5.32 Å². The van der Waals surface area contributed by atoms with Crippen molar-refractivity contribution in [2.75, 3.05) is 5.32 Å². The summed E-state index contributed by atoms with van der Waals surface area (Å²) in [7, 11) is 0. The Kier molecular flexibility index (Phi) is 4.66. The van der Waals surface area contributed by atoms with E-state index in [-0.39, 0.29) is 10.8 Å². The van der Waals surface area contributed by atoms with Crippen molar-refractivity contribution in [3.63, 3.8) is 0 Å². The zero-order chi connectivity index (χ0) is 18.9. The smallest absolute Gasteiger partial charge is 0.152 e. The first-order valence-corrected chi connectivity index (χ1v) is 9.17. The highest BCUT2D eigenvalue weighted by Gasteiger charge is 2.20. The molecular formula is C23H29N3. The van der Waals surface area contributed by atoms with Gasteiger partial charge in [-0.15, -0.1) is 0 Å². The standard InChI is InChI=1S/C23H29N3/c1-22(2,3)17-14-18(23(4,5)6)16-19(15-17)24-21-12-13-26(25-21)20-10-8-7-9-11-20/h7-16H,1-6H3,(H,24,25). The van der Waals surface area contributed by atoms with Crippen LogP contribution >= 0.6 is 0 Å². The summed E-state index contributed by atoms with van der Waals surface area (Å²) < 4.78 is 1.89. The van der Waals surface area contributed by atoms with Crippen molar-refractivity contribution < 1.29 is 0 Å². The normalized spacial score (nSPS) is 12.2. The molecular weight excluding hydrogens is 318 g/mol. The van der Waals surface area contributed by atoms with E-state index in [2.05, 4.69) is 82.3 Å². The lowest BCUT2D eigenvalue weighted by Gasteiger charge is -2.26. The van der Waals surface area contributed by atoms with Crippen molar-refractivity contribution in [3.05, 3.63) is 71.9 Å². The van der Waals surface area contributed by atoms with Crippen LogP contribution in [0.5, 0.6) is 0 Å². The van der Waals surface area contributed by atoms with Gasteiger partial charge in [0.1, 0.15) is 0 Å². The number of aromatic nitrogens is 2. The lowest BCUT2D eigenvalue weighted by Crippen LogP contribution is -2.16. The van der Waals surface area contributed by atoms with Crippen LogP contribution in [-0.2, 0) is 10.8 Å². The molecule has 0 aliphatic heterocycles. The van der Waals surface area contributed by atoms with Gasteiger partial charge in [0.15, 0.2) is 5.82 Å². The lowest BCUT2D eigenvalue weighted by atomic mass is 9.80. The van der Waals surface area contributed by atoms with Gasteiger partial charge >= 0.3 is 0 Å². The molecule has 0 saturated carbocycles. The summed E-state index contributed by atoms with van der Waals surface area (Å²) in [6, 6.07) is 19.0. The Bertz CT molecular complexity index is 846. The third kappa shape index (κ3) is 4.16. The van der Waals surface area contributed by atoms with Gasteiger partial charge in [-0.3, -0.25) is 0 Å². The first-order valence-electron chi connectivity index (χ1n) is 9.17. The molecule has 3 aromatic rings. The first kappa shape index (κ1) is 18.2. The average molecular weight is 348 g/mol. The minimum atomic E-state index is 0.0983.